The van der Waals surface area contributed by atoms with Gasteiger partial charge >= 0.3 is 0 Å². The molecule has 224 valence electrons. The molecule has 2 atom stereocenters. The van der Waals surface area contributed by atoms with Gasteiger partial charge in [-0.1, -0.05) is 54.1 Å². The molecule has 4 aromatic rings. The molecular weight excluding hydrogens is 571 g/mol. The van der Waals surface area contributed by atoms with Crippen molar-refractivity contribution in [2.75, 3.05) is 23.7 Å². The Kier molecular flexibility index (Phi) is 8.51. The number of aryl methyl sites for hydroxylation is 1. The predicted molar refractivity (Wildman–Crippen MR) is 183 cm³/mol. The van der Waals surface area contributed by atoms with Crippen molar-refractivity contribution in [3.05, 3.63) is 80.6 Å². The van der Waals surface area contributed by atoms with Crippen molar-refractivity contribution in [3.63, 3.8) is 0 Å². The Hall–Kier alpha value is -2.82. The number of fused-ring (bicyclic) bond motifs is 7. The fourth-order valence-corrected chi connectivity index (χ4v) is 8.22. The van der Waals surface area contributed by atoms with Crippen LogP contribution in [0.4, 0.5) is 11.4 Å². The van der Waals surface area contributed by atoms with E-state index < -0.39 is 0 Å². The summed E-state index contributed by atoms with van der Waals surface area (Å²) in [5, 5.41) is 11.6. The summed E-state index contributed by atoms with van der Waals surface area (Å²) < 4.78 is 0. The summed E-state index contributed by atoms with van der Waals surface area (Å²) in [6.07, 6.45) is 16.7. The Morgan fingerprint density at radius 3 is 2.12 bits per heavy atom. The molecule has 4 nitrogen and oxygen atoms in total. The van der Waals surface area contributed by atoms with E-state index in [1.807, 2.05) is 24.3 Å². The number of benzene rings is 2. The Balaban J connectivity index is 0.939. The summed E-state index contributed by atoms with van der Waals surface area (Å²) in [5.41, 5.74) is 11.6. The molecule has 2 bridgehead atoms. The third-order valence-electron chi connectivity index (χ3n) is 9.79. The number of nitrogens with zero attached hydrogens (tertiary/aromatic N) is 2. The van der Waals surface area contributed by atoms with E-state index in [9.17, 15) is 0 Å². The van der Waals surface area contributed by atoms with Gasteiger partial charge in [0.05, 0.1) is 11.0 Å². The van der Waals surface area contributed by atoms with Crippen LogP contribution in [-0.2, 0) is 19.3 Å². The highest BCUT2D eigenvalue weighted by Gasteiger charge is 2.33. The first kappa shape index (κ1) is 28.9. The molecule has 2 aromatic carbocycles. The van der Waals surface area contributed by atoms with Gasteiger partial charge in [-0.25, -0.2) is 0 Å². The summed E-state index contributed by atoms with van der Waals surface area (Å²) in [4.78, 5) is 10.1. The van der Waals surface area contributed by atoms with Crippen molar-refractivity contribution in [1.29, 1.82) is 0 Å². The van der Waals surface area contributed by atoms with Crippen LogP contribution in [0.15, 0.2) is 48.0 Å². The van der Waals surface area contributed by atoms with E-state index >= 15 is 0 Å². The van der Waals surface area contributed by atoms with Crippen LogP contribution in [0, 0.1) is 5.92 Å². The smallest absolute Gasteiger partial charge is 0.0741 e. The first-order valence-electron chi connectivity index (χ1n) is 16.4. The van der Waals surface area contributed by atoms with Crippen molar-refractivity contribution in [3.8, 4) is 0 Å². The summed E-state index contributed by atoms with van der Waals surface area (Å²) in [5.74, 6) is 1.19. The van der Waals surface area contributed by atoms with Gasteiger partial charge in [-0.05, 0) is 119 Å². The Morgan fingerprint density at radius 1 is 0.744 bits per heavy atom. The van der Waals surface area contributed by atoms with Crippen LogP contribution in [0.3, 0.4) is 0 Å². The molecule has 2 N–H and O–H groups in total. The summed E-state index contributed by atoms with van der Waals surface area (Å²) in [6, 6.07) is 12.3. The lowest BCUT2D eigenvalue weighted by atomic mass is 9.71. The fraction of sp³-hybridized carbons (Fsp3) is 0.459. The fourth-order valence-electron chi connectivity index (χ4n) is 7.88. The SMILES string of the molecule is CC1=C[C@@H]2Cc3nc4cc(Cl)ccc4c(NCCCCCCCNc4c5c(nc6cc(Cl)ccc46)CCCC5)c3[C@H](C1)C2. The minimum Gasteiger partial charge on any atom is -0.384 e. The van der Waals surface area contributed by atoms with Crippen molar-refractivity contribution < 1.29 is 0 Å². The number of pyridine rings is 2. The minimum absolute atomic E-state index is 0.571. The maximum atomic E-state index is 6.38. The van der Waals surface area contributed by atoms with Crippen LogP contribution < -0.4 is 10.6 Å². The van der Waals surface area contributed by atoms with Crippen molar-refractivity contribution in [2.24, 2.45) is 5.92 Å². The van der Waals surface area contributed by atoms with Gasteiger partial charge in [0.1, 0.15) is 0 Å². The van der Waals surface area contributed by atoms with Gasteiger partial charge in [0.2, 0.25) is 0 Å². The second-order valence-corrected chi connectivity index (χ2v) is 13.9. The molecule has 0 saturated heterocycles. The molecule has 43 heavy (non-hydrogen) atoms. The van der Waals surface area contributed by atoms with Gasteiger partial charge in [0.15, 0.2) is 0 Å². The number of nitrogens with one attached hydrogen (secondary N) is 2. The van der Waals surface area contributed by atoms with E-state index in [-0.39, 0.29) is 0 Å². The Bertz CT molecular complexity index is 1690. The Labute approximate surface area is 265 Å². The van der Waals surface area contributed by atoms with Crippen LogP contribution in [0.5, 0.6) is 0 Å². The zero-order valence-electron chi connectivity index (χ0n) is 25.2. The normalized spacial score (nSPS) is 19.2. The molecule has 0 spiro atoms. The van der Waals surface area contributed by atoms with Gasteiger partial charge < -0.3 is 10.6 Å². The number of hydrogen-bond donors (Lipinski definition) is 2. The molecular formula is C37H42Cl2N4. The maximum Gasteiger partial charge on any atom is 0.0741 e. The number of rotatable bonds is 10. The molecule has 0 radical (unpaired) electrons. The third kappa shape index (κ3) is 6.11. The molecule has 2 heterocycles. The standard InChI is InChI=1S/C37H42Cl2N4/c1-23-17-24-19-25(18-23)35-34(20-24)43-33-22-27(39)12-14-30(33)37(35)41-16-8-4-2-3-7-15-40-36-28-9-5-6-10-31(28)42-32-21-26(38)11-13-29(32)36/h11-14,17,21-22,24-25H,2-10,15-16,18-20H2,1H3,(H,40,42)(H,41,43)/t24-,25+/m0/s1. The van der Waals surface area contributed by atoms with E-state index in [4.69, 9.17) is 33.2 Å². The van der Waals surface area contributed by atoms with Crippen LogP contribution in [-0.4, -0.2) is 23.1 Å². The molecule has 0 unspecified atom stereocenters. The molecule has 0 aliphatic heterocycles. The highest BCUT2D eigenvalue weighted by atomic mass is 35.5. The topological polar surface area (TPSA) is 49.8 Å². The number of allylic oxidation sites excluding steroid dienone is 2. The number of unbranched alkanes of at least 4 members (excludes halogenated alkanes) is 4. The summed E-state index contributed by atoms with van der Waals surface area (Å²) in [7, 11) is 0. The first-order chi connectivity index (χ1) is 21.0. The first-order valence-corrected chi connectivity index (χ1v) is 17.2. The van der Waals surface area contributed by atoms with Crippen molar-refractivity contribution >= 4 is 56.4 Å². The van der Waals surface area contributed by atoms with Gasteiger partial charge in [-0.3, -0.25) is 9.97 Å². The quantitative estimate of drug-likeness (QED) is 0.138. The predicted octanol–water partition coefficient (Wildman–Crippen LogP) is 10.4. The zero-order valence-corrected chi connectivity index (χ0v) is 26.8. The van der Waals surface area contributed by atoms with Crippen LogP contribution in [0.2, 0.25) is 10.0 Å². The molecule has 3 aliphatic rings. The van der Waals surface area contributed by atoms with Crippen LogP contribution in [0.25, 0.3) is 21.8 Å². The highest BCUT2D eigenvalue weighted by molar-refractivity contribution is 6.31. The molecule has 2 aromatic heterocycles. The molecule has 0 amide bonds. The van der Waals surface area contributed by atoms with E-state index in [1.165, 1.54) is 102 Å². The molecule has 3 aliphatic carbocycles. The minimum atomic E-state index is 0.571. The number of halogens is 2. The number of aromatic nitrogens is 2. The molecule has 0 saturated carbocycles. The zero-order chi connectivity index (χ0) is 29.3. The highest BCUT2D eigenvalue weighted by Crippen LogP contribution is 2.47. The summed E-state index contributed by atoms with van der Waals surface area (Å²) >= 11 is 12.7. The average molecular weight is 614 g/mol. The largest absolute Gasteiger partial charge is 0.384 e. The average Bonchev–Trinajstić information content (AvgIpc) is 2.98. The lowest BCUT2D eigenvalue weighted by Gasteiger charge is -2.36. The van der Waals surface area contributed by atoms with Gasteiger partial charge in [0.25, 0.3) is 0 Å². The Morgan fingerprint density at radius 2 is 1.37 bits per heavy atom. The number of anilines is 2. The van der Waals surface area contributed by atoms with E-state index in [2.05, 4.69) is 35.8 Å². The van der Waals surface area contributed by atoms with Crippen LogP contribution >= 0.6 is 23.2 Å². The lowest BCUT2D eigenvalue weighted by molar-refractivity contribution is 0.433. The van der Waals surface area contributed by atoms with E-state index in [0.717, 1.165) is 59.9 Å². The van der Waals surface area contributed by atoms with E-state index in [1.54, 1.807) is 0 Å². The third-order valence-corrected chi connectivity index (χ3v) is 10.3. The monoisotopic (exact) mass is 612 g/mol. The molecule has 0 fully saturated rings. The summed E-state index contributed by atoms with van der Waals surface area (Å²) in [6.45, 7) is 4.29. The molecule has 7 rings (SSSR count). The van der Waals surface area contributed by atoms with Gasteiger partial charge in [-0.2, -0.15) is 0 Å². The van der Waals surface area contributed by atoms with Gasteiger partial charge in [-0.15, -0.1) is 0 Å². The van der Waals surface area contributed by atoms with Crippen molar-refractivity contribution in [1.82, 2.24) is 9.97 Å². The van der Waals surface area contributed by atoms with Gasteiger partial charge in [0, 0.05) is 62.2 Å². The lowest BCUT2D eigenvalue weighted by Crippen LogP contribution is -2.24. The van der Waals surface area contributed by atoms with Crippen molar-refractivity contribution in [2.45, 2.75) is 89.9 Å². The van der Waals surface area contributed by atoms with E-state index in [0.29, 0.717) is 11.8 Å². The number of hydrogen-bond acceptors (Lipinski definition) is 4. The maximum absolute atomic E-state index is 6.38. The van der Waals surface area contributed by atoms with Crippen LogP contribution in [0.1, 0.15) is 93.1 Å². The second kappa shape index (κ2) is 12.7. The molecule has 6 heteroatoms. The second-order valence-electron chi connectivity index (χ2n) is 13.0.